The fourth-order valence-electron chi connectivity index (χ4n) is 2.30. The molecule has 1 atom stereocenters. The molecule has 11 heteroatoms. The molecule has 2 N–H and O–H groups in total. The van der Waals surface area contributed by atoms with Crippen molar-refractivity contribution in [3.63, 3.8) is 0 Å². The van der Waals surface area contributed by atoms with E-state index in [0.717, 1.165) is 0 Å². The van der Waals surface area contributed by atoms with Crippen molar-refractivity contribution in [1.29, 1.82) is 0 Å². The predicted molar refractivity (Wildman–Crippen MR) is 106 cm³/mol. The first kappa shape index (κ1) is 24.4. The number of nitrogens with one attached hydrogen (secondary N) is 2. The molecular weight excluding hydrogens is 414 g/mol. The number of rotatable bonds is 13. The summed E-state index contributed by atoms with van der Waals surface area (Å²) in [7, 11) is -2.17. The van der Waals surface area contributed by atoms with Crippen LogP contribution in [0.25, 0.3) is 0 Å². The maximum absolute atomic E-state index is 12.5. The molecule has 0 aliphatic rings. The molecule has 0 aliphatic carbocycles. The van der Waals surface area contributed by atoms with E-state index in [-0.39, 0.29) is 23.8 Å². The number of carbonyl (C=O) groups is 1. The Balaban J connectivity index is 2.70. The molecule has 0 saturated heterocycles. The van der Waals surface area contributed by atoms with Crippen LogP contribution in [0.1, 0.15) is 18.9 Å². The molecule has 0 saturated carbocycles. The van der Waals surface area contributed by atoms with Crippen LogP contribution in [-0.4, -0.2) is 58.4 Å². The van der Waals surface area contributed by atoms with Crippen LogP contribution in [0.2, 0.25) is 0 Å². The molecule has 0 spiro atoms. The summed E-state index contributed by atoms with van der Waals surface area (Å²) in [6.45, 7) is -1.27. The number of benzene rings is 1. The Morgan fingerprint density at radius 2 is 2.00 bits per heavy atom. The summed E-state index contributed by atoms with van der Waals surface area (Å²) in [6.07, 6.45) is 2.58. The zero-order valence-electron chi connectivity index (χ0n) is 16.0. The Hall–Kier alpha value is -1.59. The summed E-state index contributed by atoms with van der Waals surface area (Å²) < 4.78 is 60.3. The van der Waals surface area contributed by atoms with Gasteiger partial charge in [0.1, 0.15) is 6.04 Å². The molecule has 28 heavy (non-hydrogen) atoms. The molecule has 1 unspecified atom stereocenters. The summed E-state index contributed by atoms with van der Waals surface area (Å²) in [5, 5.41) is 2.68. The van der Waals surface area contributed by atoms with Crippen LogP contribution in [0.4, 0.5) is 8.78 Å². The van der Waals surface area contributed by atoms with Crippen molar-refractivity contribution < 1.29 is 31.5 Å². The smallest absolute Gasteiger partial charge is 0.387 e. The van der Waals surface area contributed by atoms with Gasteiger partial charge in [0.05, 0.1) is 12.9 Å². The lowest BCUT2D eigenvalue weighted by Crippen LogP contribution is -2.47. The second-order valence-corrected chi connectivity index (χ2v) is 8.79. The fourth-order valence-corrected chi connectivity index (χ4v) is 3.59. The molecule has 7 nitrogen and oxygen atoms in total. The van der Waals surface area contributed by atoms with E-state index in [1.165, 1.54) is 37.9 Å². The zero-order chi connectivity index (χ0) is 21.2. The zero-order valence-corrected chi connectivity index (χ0v) is 17.7. The molecule has 0 aliphatic heterocycles. The van der Waals surface area contributed by atoms with Crippen molar-refractivity contribution in [3.05, 3.63) is 23.8 Å². The molecule has 1 aromatic rings. The number of carbonyl (C=O) groups excluding carboxylic acids is 1. The van der Waals surface area contributed by atoms with Crippen molar-refractivity contribution in [1.82, 2.24) is 10.0 Å². The van der Waals surface area contributed by atoms with Crippen LogP contribution in [-0.2, 0) is 21.2 Å². The minimum Gasteiger partial charge on any atom is -0.493 e. The van der Waals surface area contributed by atoms with Gasteiger partial charge in [-0.2, -0.15) is 20.5 Å². The van der Waals surface area contributed by atoms with Gasteiger partial charge in [-0.25, -0.2) is 13.1 Å². The van der Waals surface area contributed by atoms with Gasteiger partial charge in [-0.3, -0.25) is 4.79 Å². The van der Waals surface area contributed by atoms with Gasteiger partial charge in [0.2, 0.25) is 15.9 Å². The first-order valence-electron chi connectivity index (χ1n) is 8.60. The van der Waals surface area contributed by atoms with Crippen LogP contribution in [0, 0.1) is 0 Å². The lowest BCUT2D eigenvalue weighted by atomic mass is 10.1. The second-order valence-electron chi connectivity index (χ2n) is 5.76. The van der Waals surface area contributed by atoms with Crippen LogP contribution in [0.5, 0.6) is 11.5 Å². The van der Waals surface area contributed by atoms with Crippen LogP contribution in [0.15, 0.2) is 18.2 Å². The van der Waals surface area contributed by atoms with Crippen molar-refractivity contribution in [2.24, 2.45) is 0 Å². The second kappa shape index (κ2) is 12.1. The van der Waals surface area contributed by atoms with E-state index in [2.05, 4.69) is 14.8 Å². The minimum absolute atomic E-state index is 0.0881. The van der Waals surface area contributed by atoms with Gasteiger partial charge in [-0.05, 0) is 49.5 Å². The normalized spacial score (nSPS) is 12.6. The van der Waals surface area contributed by atoms with Gasteiger partial charge >= 0.3 is 6.61 Å². The summed E-state index contributed by atoms with van der Waals surface area (Å²) in [5.41, 5.74) is 0.659. The number of hydrogen-bond acceptors (Lipinski definition) is 6. The monoisotopic (exact) mass is 440 g/mol. The average Bonchev–Trinajstić information content (AvgIpc) is 2.64. The third-order valence-corrected chi connectivity index (χ3v) is 5.83. The Morgan fingerprint density at radius 3 is 2.57 bits per heavy atom. The summed E-state index contributed by atoms with van der Waals surface area (Å²) in [4.78, 5) is 12.4. The lowest BCUT2D eigenvalue weighted by Gasteiger charge is -2.18. The Kier molecular flexibility index (Phi) is 10.5. The predicted octanol–water partition coefficient (Wildman–Crippen LogP) is 2.02. The fraction of sp³-hybridized carbons (Fsp3) is 0.588. The van der Waals surface area contributed by atoms with E-state index < -0.39 is 28.6 Å². The van der Waals surface area contributed by atoms with Crippen LogP contribution in [0.3, 0.4) is 0 Å². The molecule has 0 radical (unpaired) electrons. The third-order valence-electron chi connectivity index (χ3n) is 3.79. The Morgan fingerprint density at radius 1 is 1.29 bits per heavy atom. The molecule has 0 fully saturated rings. The molecule has 160 valence electrons. The number of ether oxygens (including phenoxy) is 2. The summed E-state index contributed by atoms with van der Waals surface area (Å²) in [5.74, 6) is 0.170. The van der Waals surface area contributed by atoms with Gasteiger partial charge in [-0.15, -0.1) is 0 Å². The lowest BCUT2D eigenvalue weighted by molar-refractivity contribution is -0.122. The van der Waals surface area contributed by atoms with E-state index in [1.807, 2.05) is 6.26 Å². The average molecular weight is 441 g/mol. The highest BCUT2D eigenvalue weighted by atomic mass is 32.2. The first-order valence-corrected chi connectivity index (χ1v) is 11.6. The maximum Gasteiger partial charge on any atom is 0.387 e. The Bertz CT molecular complexity index is 732. The first-order chi connectivity index (χ1) is 13.2. The number of methoxy groups -OCH3 is 1. The van der Waals surface area contributed by atoms with E-state index in [9.17, 15) is 22.0 Å². The molecular formula is C17H26F2N2O5S2. The maximum atomic E-state index is 12.5. The highest BCUT2D eigenvalue weighted by Gasteiger charge is 2.22. The van der Waals surface area contributed by atoms with Gasteiger partial charge < -0.3 is 14.8 Å². The van der Waals surface area contributed by atoms with Crippen molar-refractivity contribution >= 4 is 27.7 Å². The van der Waals surface area contributed by atoms with Crippen molar-refractivity contribution in [2.75, 3.05) is 31.4 Å². The quantitative estimate of drug-likeness (QED) is 0.487. The number of amides is 1. The summed E-state index contributed by atoms with van der Waals surface area (Å²) >= 11 is 1.51. The highest BCUT2D eigenvalue weighted by Crippen LogP contribution is 2.29. The number of sulfonamides is 1. The van der Waals surface area contributed by atoms with Gasteiger partial charge in [0.15, 0.2) is 11.5 Å². The van der Waals surface area contributed by atoms with Gasteiger partial charge in [0.25, 0.3) is 0 Å². The molecule has 1 aromatic carbocycles. The van der Waals surface area contributed by atoms with Gasteiger partial charge in [0, 0.05) is 6.54 Å². The third kappa shape index (κ3) is 8.61. The van der Waals surface area contributed by atoms with Crippen LogP contribution < -0.4 is 19.5 Å². The van der Waals surface area contributed by atoms with Crippen LogP contribution >= 0.6 is 11.8 Å². The molecule has 0 heterocycles. The highest BCUT2D eigenvalue weighted by molar-refractivity contribution is 7.98. The number of halogens is 2. The standard InChI is InChI=1S/C17H26F2N2O5S2/c1-4-28(23,24)21-13(8-10-27-3)16(22)20-9-7-12-5-6-14(25-2)15(11-12)26-17(18)19/h5-6,11,13,17,21H,4,7-10H2,1-3H3,(H,20,22). The largest absolute Gasteiger partial charge is 0.493 e. The molecule has 0 aromatic heterocycles. The SMILES string of the molecule is CCS(=O)(=O)NC(CCSC)C(=O)NCCc1ccc(OC)c(OC(F)F)c1. The number of alkyl halides is 2. The Labute approximate surface area is 168 Å². The van der Waals surface area contributed by atoms with E-state index >= 15 is 0 Å². The number of hydrogen-bond donors (Lipinski definition) is 2. The van der Waals surface area contributed by atoms with Crippen molar-refractivity contribution in [2.45, 2.75) is 32.4 Å². The van der Waals surface area contributed by atoms with E-state index in [4.69, 9.17) is 4.74 Å². The van der Waals surface area contributed by atoms with E-state index in [0.29, 0.717) is 24.2 Å². The topological polar surface area (TPSA) is 93.7 Å². The molecule has 1 amide bonds. The molecule has 1 rings (SSSR count). The molecule has 0 bridgehead atoms. The van der Waals surface area contributed by atoms with Crippen molar-refractivity contribution in [3.8, 4) is 11.5 Å². The van der Waals surface area contributed by atoms with Gasteiger partial charge in [-0.1, -0.05) is 6.07 Å². The summed E-state index contributed by atoms with van der Waals surface area (Å²) in [6, 6.07) is 3.74. The number of thioether (sulfide) groups is 1. The minimum atomic E-state index is -3.52. The van der Waals surface area contributed by atoms with E-state index in [1.54, 1.807) is 6.07 Å².